The molecule has 1 fully saturated rings. The molecule has 1 heterocycles. The number of carboxylic acids is 1. The van der Waals surface area contributed by atoms with Gasteiger partial charge in [0.05, 0.1) is 11.8 Å². The lowest BCUT2D eigenvalue weighted by Crippen LogP contribution is -2.42. The Kier molecular flexibility index (Phi) is 4.06. The number of hydrogen-bond donors (Lipinski definition) is 1. The third kappa shape index (κ3) is 2.75. The predicted molar refractivity (Wildman–Crippen MR) is 67.3 cm³/mol. The van der Waals surface area contributed by atoms with Gasteiger partial charge in [-0.25, -0.2) is 0 Å². The zero-order valence-corrected chi connectivity index (χ0v) is 11.4. The highest BCUT2D eigenvalue weighted by molar-refractivity contribution is 9.10. The first-order chi connectivity index (χ1) is 8.59. The fraction of sp³-hybridized carbons (Fsp3) is 0.500. The molecule has 1 aliphatic carbocycles. The van der Waals surface area contributed by atoms with Gasteiger partial charge in [0.25, 0.3) is 5.91 Å². The summed E-state index contributed by atoms with van der Waals surface area (Å²) in [6.07, 6.45) is 5.23. The van der Waals surface area contributed by atoms with Crippen molar-refractivity contribution in [1.29, 1.82) is 0 Å². The lowest BCUT2D eigenvalue weighted by Gasteiger charge is -2.27. The van der Waals surface area contributed by atoms with Gasteiger partial charge in [-0.15, -0.1) is 0 Å². The molecular weight excluding hydrogens is 302 g/mol. The Morgan fingerprint density at radius 2 is 2.11 bits per heavy atom. The van der Waals surface area contributed by atoms with Crippen molar-refractivity contribution < 1.29 is 19.1 Å². The van der Waals surface area contributed by atoms with Gasteiger partial charge in [-0.1, -0.05) is 12.8 Å². The van der Waals surface area contributed by atoms with Crippen molar-refractivity contribution in [3.05, 3.63) is 22.6 Å². The number of hydrogen-bond acceptors (Lipinski definition) is 3. The molecule has 1 N–H and O–H groups in total. The fourth-order valence-electron chi connectivity index (χ4n) is 2.33. The Hall–Kier alpha value is -1.30. The van der Waals surface area contributed by atoms with E-state index < -0.39 is 5.97 Å². The predicted octanol–water partition coefficient (Wildman–Crippen LogP) is 2.51. The van der Waals surface area contributed by atoms with E-state index in [2.05, 4.69) is 15.9 Å². The lowest BCUT2D eigenvalue weighted by atomic mass is 10.1. The van der Waals surface area contributed by atoms with E-state index in [1.54, 1.807) is 6.07 Å². The van der Waals surface area contributed by atoms with Gasteiger partial charge in [-0.2, -0.15) is 0 Å². The van der Waals surface area contributed by atoms with Crippen molar-refractivity contribution in [2.45, 2.75) is 31.7 Å². The van der Waals surface area contributed by atoms with Crippen LogP contribution in [0.4, 0.5) is 0 Å². The van der Waals surface area contributed by atoms with Crippen molar-refractivity contribution in [1.82, 2.24) is 4.90 Å². The van der Waals surface area contributed by atoms with E-state index in [-0.39, 0.29) is 18.5 Å². The number of halogens is 1. The normalized spacial score (nSPS) is 15.8. The summed E-state index contributed by atoms with van der Waals surface area (Å²) in [5.74, 6) is -1.28. The van der Waals surface area contributed by atoms with Crippen LogP contribution in [0.1, 0.15) is 36.0 Å². The van der Waals surface area contributed by atoms with E-state index in [0.29, 0.717) is 10.2 Å². The van der Waals surface area contributed by atoms with Crippen molar-refractivity contribution in [2.24, 2.45) is 0 Å². The van der Waals surface area contributed by atoms with Crippen LogP contribution >= 0.6 is 15.9 Å². The molecule has 0 atom stereocenters. The Labute approximate surface area is 113 Å². The minimum Gasteiger partial charge on any atom is -0.480 e. The van der Waals surface area contributed by atoms with Crippen molar-refractivity contribution >= 4 is 27.8 Å². The number of amides is 1. The van der Waals surface area contributed by atoms with E-state index in [1.807, 2.05) is 0 Å². The number of aliphatic carboxylic acids is 1. The summed E-state index contributed by atoms with van der Waals surface area (Å²) in [4.78, 5) is 24.7. The zero-order valence-electron chi connectivity index (χ0n) is 9.76. The molecule has 1 aliphatic rings. The Bertz CT molecular complexity index is 451. The molecule has 0 radical (unpaired) electrons. The molecule has 5 nitrogen and oxygen atoms in total. The molecule has 0 bridgehead atoms. The summed E-state index contributed by atoms with van der Waals surface area (Å²) in [7, 11) is 0. The second kappa shape index (κ2) is 5.56. The molecule has 1 aromatic rings. The van der Waals surface area contributed by atoms with Crippen LogP contribution in [0.5, 0.6) is 0 Å². The molecule has 0 spiro atoms. The Morgan fingerprint density at radius 3 is 2.61 bits per heavy atom. The highest BCUT2D eigenvalue weighted by Crippen LogP contribution is 2.27. The topological polar surface area (TPSA) is 70.8 Å². The van der Waals surface area contributed by atoms with E-state index in [9.17, 15) is 9.59 Å². The standard InChI is InChI=1S/C12H14BrNO4/c13-11-9(5-6-18-11)12(17)14(7-10(15)16)8-3-1-2-4-8/h5-6,8H,1-4,7H2,(H,15,16). The van der Waals surface area contributed by atoms with Gasteiger partial charge in [-0.05, 0) is 34.8 Å². The van der Waals surface area contributed by atoms with Gasteiger partial charge in [0.1, 0.15) is 6.54 Å². The van der Waals surface area contributed by atoms with E-state index in [0.717, 1.165) is 25.7 Å². The molecule has 1 amide bonds. The highest BCUT2D eigenvalue weighted by Gasteiger charge is 2.30. The van der Waals surface area contributed by atoms with Crippen LogP contribution in [0.2, 0.25) is 0 Å². The van der Waals surface area contributed by atoms with Crippen LogP contribution in [-0.2, 0) is 4.79 Å². The van der Waals surface area contributed by atoms with Gasteiger partial charge in [0, 0.05) is 6.04 Å². The SMILES string of the molecule is O=C(O)CN(C(=O)c1ccoc1Br)C1CCCC1. The minimum absolute atomic E-state index is 0.0235. The molecule has 1 aromatic heterocycles. The van der Waals surface area contributed by atoms with Gasteiger partial charge in [0.15, 0.2) is 4.67 Å². The molecule has 0 saturated heterocycles. The van der Waals surface area contributed by atoms with Crippen LogP contribution < -0.4 is 0 Å². The third-order valence-corrected chi connectivity index (χ3v) is 3.79. The number of nitrogens with zero attached hydrogens (tertiary/aromatic N) is 1. The van der Waals surface area contributed by atoms with Crippen LogP contribution in [0.3, 0.4) is 0 Å². The van der Waals surface area contributed by atoms with Crippen LogP contribution in [-0.4, -0.2) is 34.5 Å². The smallest absolute Gasteiger partial charge is 0.323 e. The first-order valence-corrected chi connectivity index (χ1v) is 6.64. The summed E-state index contributed by atoms with van der Waals surface area (Å²) in [6.45, 7) is -0.263. The van der Waals surface area contributed by atoms with Gasteiger partial charge >= 0.3 is 5.97 Å². The number of rotatable bonds is 4. The molecule has 1 saturated carbocycles. The summed E-state index contributed by atoms with van der Waals surface area (Å²) in [6, 6.07) is 1.58. The minimum atomic E-state index is -0.991. The number of carboxylic acid groups (broad SMARTS) is 1. The molecule has 6 heteroatoms. The summed E-state index contributed by atoms with van der Waals surface area (Å²) in [5, 5.41) is 8.93. The maximum Gasteiger partial charge on any atom is 0.323 e. The van der Waals surface area contributed by atoms with Crippen LogP contribution in [0.25, 0.3) is 0 Å². The van der Waals surface area contributed by atoms with Gasteiger partial charge < -0.3 is 14.4 Å². The Morgan fingerprint density at radius 1 is 1.44 bits per heavy atom. The summed E-state index contributed by atoms with van der Waals surface area (Å²) >= 11 is 3.15. The lowest BCUT2D eigenvalue weighted by molar-refractivity contribution is -0.138. The zero-order chi connectivity index (χ0) is 13.1. The number of furan rings is 1. The third-order valence-electron chi connectivity index (χ3n) is 3.18. The van der Waals surface area contributed by atoms with E-state index in [4.69, 9.17) is 9.52 Å². The first kappa shape index (κ1) is 13.1. The van der Waals surface area contributed by atoms with Gasteiger partial charge in [0.2, 0.25) is 0 Å². The molecule has 18 heavy (non-hydrogen) atoms. The van der Waals surface area contributed by atoms with Crippen LogP contribution in [0.15, 0.2) is 21.4 Å². The maximum absolute atomic E-state index is 12.3. The highest BCUT2D eigenvalue weighted by atomic mass is 79.9. The monoisotopic (exact) mass is 315 g/mol. The molecule has 0 aliphatic heterocycles. The van der Waals surface area contributed by atoms with Crippen molar-refractivity contribution in [3.63, 3.8) is 0 Å². The van der Waals surface area contributed by atoms with Crippen molar-refractivity contribution in [2.75, 3.05) is 6.54 Å². The quantitative estimate of drug-likeness (QED) is 0.926. The molecule has 2 rings (SSSR count). The van der Waals surface area contributed by atoms with E-state index >= 15 is 0 Å². The maximum atomic E-state index is 12.3. The first-order valence-electron chi connectivity index (χ1n) is 5.85. The van der Waals surface area contributed by atoms with Crippen molar-refractivity contribution in [3.8, 4) is 0 Å². The number of carbonyl (C=O) groups is 2. The second-order valence-electron chi connectivity index (χ2n) is 4.37. The molecular formula is C12H14BrNO4. The molecule has 0 aromatic carbocycles. The number of carbonyl (C=O) groups excluding carboxylic acids is 1. The summed E-state index contributed by atoms with van der Waals surface area (Å²) in [5.41, 5.74) is 0.378. The van der Waals surface area contributed by atoms with Gasteiger partial charge in [-0.3, -0.25) is 9.59 Å². The average molecular weight is 316 g/mol. The molecule has 98 valence electrons. The fourth-order valence-corrected chi connectivity index (χ4v) is 2.74. The largest absolute Gasteiger partial charge is 0.480 e. The Balaban J connectivity index is 2.20. The second-order valence-corrected chi connectivity index (χ2v) is 5.09. The molecule has 0 unspecified atom stereocenters. The van der Waals surface area contributed by atoms with E-state index in [1.165, 1.54) is 11.2 Å². The summed E-state index contributed by atoms with van der Waals surface area (Å²) < 4.78 is 5.37. The van der Waals surface area contributed by atoms with Crippen LogP contribution in [0, 0.1) is 0 Å². The average Bonchev–Trinajstić information content (AvgIpc) is 2.95.